The van der Waals surface area contributed by atoms with Gasteiger partial charge in [-0.3, -0.25) is 9.78 Å². The summed E-state index contributed by atoms with van der Waals surface area (Å²) in [5, 5.41) is 25.7. The number of hydrazone groups is 2. The standard InChI is InChI=1S/C19H17BrFN7O2.C2H6/c1-12(25-28(22-2)11-19(29)30)17-6-3-13(8-23-17)18-10-27(26-24-18)9-14-7-15(21)4-5-16(14)20;1-2/h3-8,10H,2,9,11H2,1H3,(H,29,30);1-2H3/b25-12+;. The maximum Gasteiger partial charge on any atom is 0.327 e. The quantitative estimate of drug-likeness (QED) is 0.367. The number of pyridine rings is 1. The minimum absolute atomic E-state index is 0.320. The highest BCUT2D eigenvalue weighted by molar-refractivity contribution is 9.10. The summed E-state index contributed by atoms with van der Waals surface area (Å²) in [6, 6.07) is 8.00. The molecular formula is C21H23BrFN7O2. The average Bonchev–Trinajstić information content (AvgIpc) is 3.25. The van der Waals surface area contributed by atoms with Crippen LogP contribution in [0, 0.1) is 5.82 Å². The van der Waals surface area contributed by atoms with Gasteiger partial charge in [-0.15, -0.1) is 5.10 Å². The molecule has 168 valence electrons. The Hall–Kier alpha value is -3.47. The Labute approximate surface area is 193 Å². The first-order valence-corrected chi connectivity index (χ1v) is 10.5. The molecule has 1 aromatic carbocycles. The molecule has 2 heterocycles. The number of hydrogen-bond acceptors (Lipinski definition) is 7. The molecule has 3 aromatic rings. The van der Waals surface area contributed by atoms with Crippen LogP contribution in [0.25, 0.3) is 11.3 Å². The zero-order valence-corrected chi connectivity index (χ0v) is 19.5. The largest absolute Gasteiger partial charge is 0.480 e. The minimum atomic E-state index is -1.07. The van der Waals surface area contributed by atoms with Crippen LogP contribution in [-0.2, 0) is 11.3 Å². The van der Waals surface area contributed by atoms with Gasteiger partial charge in [0.05, 0.1) is 24.1 Å². The van der Waals surface area contributed by atoms with Gasteiger partial charge in [0.2, 0.25) is 0 Å². The topological polar surface area (TPSA) is 109 Å². The van der Waals surface area contributed by atoms with Crippen molar-refractivity contribution in [2.45, 2.75) is 27.3 Å². The van der Waals surface area contributed by atoms with Gasteiger partial charge in [-0.05, 0) is 42.8 Å². The van der Waals surface area contributed by atoms with Gasteiger partial charge in [-0.1, -0.05) is 35.0 Å². The van der Waals surface area contributed by atoms with Crippen molar-refractivity contribution in [2.75, 3.05) is 6.54 Å². The number of aliphatic carboxylic acids is 1. The molecule has 0 aliphatic heterocycles. The molecule has 0 aliphatic carbocycles. The second-order valence-electron chi connectivity index (χ2n) is 6.22. The molecule has 0 aliphatic rings. The van der Waals surface area contributed by atoms with Crippen molar-refractivity contribution in [3.05, 3.63) is 64.3 Å². The molecule has 0 spiro atoms. The van der Waals surface area contributed by atoms with Gasteiger partial charge < -0.3 is 5.11 Å². The molecule has 11 heteroatoms. The lowest BCUT2D eigenvalue weighted by Gasteiger charge is -2.10. The van der Waals surface area contributed by atoms with Crippen LogP contribution < -0.4 is 0 Å². The summed E-state index contributed by atoms with van der Waals surface area (Å²) in [4.78, 5) is 15.1. The number of aromatic nitrogens is 4. The monoisotopic (exact) mass is 503 g/mol. The van der Waals surface area contributed by atoms with E-state index in [1.54, 1.807) is 42.2 Å². The predicted molar refractivity (Wildman–Crippen MR) is 124 cm³/mol. The van der Waals surface area contributed by atoms with E-state index < -0.39 is 12.5 Å². The fraction of sp³-hybridized carbons (Fsp3) is 0.238. The van der Waals surface area contributed by atoms with Crippen molar-refractivity contribution >= 4 is 34.3 Å². The first-order chi connectivity index (χ1) is 15.4. The Kier molecular flexibility index (Phi) is 9.14. The average molecular weight is 504 g/mol. The molecule has 0 saturated heterocycles. The van der Waals surface area contributed by atoms with E-state index in [0.717, 1.165) is 20.7 Å². The molecular weight excluding hydrogens is 481 g/mol. The van der Waals surface area contributed by atoms with E-state index in [0.29, 0.717) is 23.6 Å². The lowest BCUT2D eigenvalue weighted by Crippen LogP contribution is -2.21. The second-order valence-corrected chi connectivity index (χ2v) is 7.07. The van der Waals surface area contributed by atoms with Crippen LogP contribution in [0.5, 0.6) is 0 Å². The summed E-state index contributed by atoms with van der Waals surface area (Å²) >= 11 is 3.40. The van der Waals surface area contributed by atoms with E-state index in [1.165, 1.54) is 12.1 Å². The molecule has 9 nitrogen and oxygen atoms in total. The van der Waals surface area contributed by atoms with Gasteiger partial charge in [-0.25, -0.2) is 9.07 Å². The number of benzene rings is 1. The summed E-state index contributed by atoms with van der Waals surface area (Å²) in [5.74, 6) is -1.39. The Morgan fingerprint density at radius 3 is 2.69 bits per heavy atom. The molecule has 32 heavy (non-hydrogen) atoms. The molecule has 0 saturated carbocycles. The van der Waals surface area contributed by atoms with Crippen molar-refractivity contribution in [1.29, 1.82) is 0 Å². The summed E-state index contributed by atoms with van der Waals surface area (Å²) in [7, 11) is 0. The third kappa shape index (κ3) is 6.77. The van der Waals surface area contributed by atoms with E-state index in [4.69, 9.17) is 5.11 Å². The highest BCUT2D eigenvalue weighted by Crippen LogP contribution is 2.20. The van der Waals surface area contributed by atoms with Crippen LogP contribution in [0.4, 0.5) is 4.39 Å². The van der Waals surface area contributed by atoms with Crippen LogP contribution in [0.2, 0.25) is 0 Å². The van der Waals surface area contributed by atoms with Crippen molar-refractivity contribution in [3.8, 4) is 11.3 Å². The first-order valence-electron chi connectivity index (χ1n) is 9.67. The van der Waals surface area contributed by atoms with Gasteiger partial charge in [0.1, 0.15) is 11.5 Å². The van der Waals surface area contributed by atoms with Crippen LogP contribution in [0.3, 0.4) is 0 Å². The third-order valence-electron chi connectivity index (χ3n) is 4.01. The number of carboxylic acid groups (broad SMARTS) is 1. The molecule has 0 fully saturated rings. The Bertz CT molecular complexity index is 1100. The van der Waals surface area contributed by atoms with E-state index in [1.807, 2.05) is 13.8 Å². The summed E-state index contributed by atoms with van der Waals surface area (Å²) < 4.78 is 15.9. The Morgan fingerprint density at radius 1 is 1.31 bits per heavy atom. The van der Waals surface area contributed by atoms with E-state index >= 15 is 0 Å². The van der Waals surface area contributed by atoms with Crippen LogP contribution in [0.1, 0.15) is 32.0 Å². The molecule has 0 radical (unpaired) electrons. The van der Waals surface area contributed by atoms with E-state index in [2.05, 4.69) is 48.1 Å². The molecule has 3 rings (SSSR count). The van der Waals surface area contributed by atoms with Crippen LogP contribution in [-0.4, -0.2) is 55.1 Å². The fourth-order valence-electron chi connectivity index (χ4n) is 2.57. The lowest BCUT2D eigenvalue weighted by molar-refractivity contribution is -0.138. The second kappa shape index (κ2) is 11.8. The smallest absolute Gasteiger partial charge is 0.327 e. The maximum atomic E-state index is 13.5. The highest BCUT2D eigenvalue weighted by Gasteiger charge is 2.10. The zero-order valence-electron chi connectivity index (χ0n) is 17.9. The molecule has 2 aromatic heterocycles. The van der Waals surface area contributed by atoms with Crippen molar-refractivity contribution in [3.63, 3.8) is 0 Å². The fourth-order valence-corrected chi connectivity index (χ4v) is 2.94. The van der Waals surface area contributed by atoms with Gasteiger partial charge in [0.25, 0.3) is 0 Å². The predicted octanol–water partition coefficient (Wildman–Crippen LogP) is 4.04. The van der Waals surface area contributed by atoms with Gasteiger partial charge in [0, 0.05) is 23.0 Å². The molecule has 0 amide bonds. The highest BCUT2D eigenvalue weighted by atomic mass is 79.9. The maximum absolute atomic E-state index is 13.5. The van der Waals surface area contributed by atoms with Crippen LogP contribution in [0.15, 0.2) is 57.4 Å². The van der Waals surface area contributed by atoms with Crippen molar-refractivity contribution in [1.82, 2.24) is 25.1 Å². The number of nitrogens with zero attached hydrogens (tertiary/aromatic N) is 7. The van der Waals surface area contributed by atoms with Crippen molar-refractivity contribution < 1.29 is 14.3 Å². The van der Waals surface area contributed by atoms with Gasteiger partial charge >= 0.3 is 5.97 Å². The summed E-state index contributed by atoms with van der Waals surface area (Å²) in [6.45, 7) is 8.95. The number of hydrogen-bond donors (Lipinski definition) is 1. The first kappa shape index (κ1) is 24.8. The molecule has 0 atom stereocenters. The third-order valence-corrected chi connectivity index (χ3v) is 4.79. The summed E-state index contributed by atoms with van der Waals surface area (Å²) in [5.41, 5.74) is 3.12. The number of rotatable bonds is 8. The van der Waals surface area contributed by atoms with E-state index in [-0.39, 0.29) is 5.82 Å². The Morgan fingerprint density at radius 2 is 2.06 bits per heavy atom. The van der Waals surface area contributed by atoms with E-state index in [9.17, 15) is 9.18 Å². The van der Waals surface area contributed by atoms with Gasteiger partial charge in [-0.2, -0.15) is 15.3 Å². The minimum Gasteiger partial charge on any atom is -0.480 e. The zero-order chi connectivity index (χ0) is 23.7. The molecule has 0 bridgehead atoms. The van der Waals surface area contributed by atoms with Crippen molar-refractivity contribution in [2.24, 2.45) is 10.2 Å². The van der Waals surface area contributed by atoms with Gasteiger partial charge in [0.15, 0.2) is 6.54 Å². The molecule has 1 N–H and O–H groups in total. The van der Waals surface area contributed by atoms with Crippen LogP contribution >= 0.6 is 15.9 Å². The lowest BCUT2D eigenvalue weighted by atomic mass is 10.2. The number of carboxylic acids is 1. The Balaban J connectivity index is 0.00000176. The normalized spacial score (nSPS) is 10.8. The number of carbonyl (C=O) groups is 1. The molecule has 0 unspecified atom stereocenters. The SMILES string of the molecule is C=NN(CC(=O)O)/N=C(\C)c1ccc(-c2cn(Cc3cc(F)ccc3Br)nn2)cn1.CC. The number of halogens is 2. The summed E-state index contributed by atoms with van der Waals surface area (Å²) in [6.07, 6.45) is 3.36.